The Hall–Kier alpha value is -4.25. The van der Waals surface area contributed by atoms with Gasteiger partial charge in [-0.1, -0.05) is 56.5 Å². The number of carbonyl (C=O) groups is 2. The van der Waals surface area contributed by atoms with Crippen molar-refractivity contribution in [3.8, 4) is 17.2 Å². The fourth-order valence-electron chi connectivity index (χ4n) is 5.87. The van der Waals surface area contributed by atoms with Crippen molar-refractivity contribution in [2.45, 2.75) is 69.0 Å². The van der Waals surface area contributed by atoms with E-state index in [9.17, 15) is 18.0 Å². The molecule has 0 bridgehead atoms. The van der Waals surface area contributed by atoms with Gasteiger partial charge in [0.1, 0.15) is 31.5 Å². The summed E-state index contributed by atoms with van der Waals surface area (Å²) in [7, 11) is -2.64. The maximum absolute atomic E-state index is 14.4. The molecule has 1 atom stereocenters. The molecule has 3 aromatic rings. The Labute approximate surface area is 265 Å². The monoisotopic (exact) mass is 635 g/mol. The lowest BCUT2D eigenvalue weighted by Gasteiger charge is -2.34. The fourth-order valence-corrected chi connectivity index (χ4v) is 7.29. The largest absolute Gasteiger partial charge is 0.497 e. The molecule has 1 fully saturated rings. The van der Waals surface area contributed by atoms with Crippen LogP contribution in [0.25, 0.3) is 0 Å². The lowest BCUT2D eigenvalue weighted by molar-refractivity contribution is -0.140. The van der Waals surface area contributed by atoms with Crippen LogP contribution in [0.5, 0.6) is 17.2 Å². The van der Waals surface area contributed by atoms with Crippen LogP contribution in [-0.2, 0) is 26.2 Å². The van der Waals surface area contributed by atoms with Gasteiger partial charge in [0.15, 0.2) is 11.5 Å². The third-order valence-electron chi connectivity index (χ3n) is 8.25. The highest BCUT2D eigenvalue weighted by Gasteiger charge is 2.35. The summed E-state index contributed by atoms with van der Waals surface area (Å²) < 4.78 is 46.1. The molecular weight excluding hydrogens is 594 g/mol. The Balaban J connectivity index is 1.51. The number of benzene rings is 3. The van der Waals surface area contributed by atoms with Crippen molar-refractivity contribution in [2.24, 2.45) is 0 Å². The number of carbonyl (C=O) groups excluding carboxylic acids is 2. The highest BCUT2D eigenvalue weighted by atomic mass is 32.2. The molecule has 1 saturated carbocycles. The molecule has 10 nitrogen and oxygen atoms in total. The van der Waals surface area contributed by atoms with Gasteiger partial charge >= 0.3 is 0 Å². The minimum absolute atomic E-state index is 0.0362. The molecule has 3 aromatic carbocycles. The second-order valence-electron chi connectivity index (χ2n) is 11.3. The summed E-state index contributed by atoms with van der Waals surface area (Å²) in [4.78, 5) is 29.7. The van der Waals surface area contributed by atoms with E-state index in [4.69, 9.17) is 14.2 Å². The molecule has 5 rings (SSSR count). The highest BCUT2D eigenvalue weighted by Crippen LogP contribution is 2.36. The van der Waals surface area contributed by atoms with Gasteiger partial charge in [-0.2, -0.15) is 0 Å². The van der Waals surface area contributed by atoms with Crippen LogP contribution in [0.3, 0.4) is 0 Å². The second-order valence-corrected chi connectivity index (χ2v) is 13.2. The van der Waals surface area contributed by atoms with Gasteiger partial charge in [0, 0.05) is 18.7 Å². The predicted octanol–water partition coefficient (Wildman–Crippen LogP) is 4.92. The summed E-state index contributed by atoms with van der Waals surface area (Å²) in [5.74, 6) is 0.754. The van der Waals surface area contributed by atoms with Crippen LogP contribution in [0.4, 0.5) is 5.69 Å². The van der Waals surface area contributed by atoms with Crippen LogP contribution in [0.1, 0.15) is 51.0 Å². The van der Waals surface area contributed by atoms with E-state index in [2.05, 4.69) is 5.32 Å². The Kier molecular flexibility index (Phi) is 10.5. The topological polar surface area (TPSA) is 114 Å². The summed E-state index contributed by atoms with van der Waals surface area (Å²) in [6, 6.07) is 19.3. The van der Waals surface area contributed by atoms with Crippen molar-refractivity contribution in [1.82, 2.24) is 10.2 Å². The van der Waals surface area contributed by atoms with Crippen molar-refractivity contribution < 1.29 is 32.2 Å². The maximum atomic E-state index is 14.4. The Morgan fingerprint density at radius 3 is 2.38 bits per heavy atom. The van der Waals surface area contributed by atoms with E-state index in [0.717, 1.165) is 42.0 Å². The van der Waals surface area contributed by atoms with Crippen LogP contribution in [0.15, 0.2) is 77.7 Å². The predicted molar refractivity (Wildman–Crippen MR) is 171 cm³/mol. The number of amides is 2. The molecule has 1 heterocycles. The van der Waals surface area contributed by atoms with Crippen LogP contribution in [-0.4, -0.2) is 64.1 Å². The quantitative estimate of drug-likeness (QED) is 0.301. The zero-order valence-corrected chi connectivity index (χ0v) is 26.6. The van der Waals surface area contributed by atoms with Crippen molar-refractivity contribution in [2.75, 3.05) is 31.2 Å². The van der Waals surface area contributed by atoms with Crippen LogP contribution < -0.4 is 23.8 Å². The number of nitrogens with one attached hydrogen (secondary N) is 1. The number of anilines is 1. The lowest BCUT2D eigenvalue weighted by atomic mass is 9.95. The summed E-state index contributed by atoms with van der Waals surface area (Å²) >= 11 is 0. The molecule has 0 aromatic heterocycles. The van der Waals surface area contributed by atoms with Gasteiger partial charge in [0.25, 0.3) is 10.0 Å². The average molecular weight is 636 g/mol. The molecule has 0 unspecified atom stereocenters. The number of sulfonamides is 1. The molecule has 240 valence electrons. The van der Waals surface area contributed by atoms with Crippen molar-refractivity contribution in [1.29, 1.82) is 0 Å². The van der Waals surface area contributed by atoms with Crippen molar-refractivity contribution in [3.63, 3.8) is 0 Å². The summed E-state index contributed by atoms with van der Waals surface area (Å²) in [6.45, 7) is 2.12. The first kappa shape index (κ1) is 32.2. The van der Waals surface area contributed by atoms with Crippen LogP contribution >= 0.6 is 0 Å². The van der Waals surface area contributed by atoms with Gasteiger partial charge in [-0.3, -0.25) is 13.9 Å². The van der Waals surface area contributed by atoms with E-state index in [0.29, 0.717) is 36.9 Å². The fraction of sp³-hybridized carbons (Fsp3) is 0.412. The minimum Gasteiger partial charge on any atom is -0.497 e. The van der Waals surface area contributed by atoms with Gasteiger partial charge in [0.05, 0.1) is 17.7 Å². The third kappa shape index (κ3) is 7.70. The van der Waals surface area contributed by atoms with E-state index in [1.807, 2.05) is 25.1 Å². The van der Waals surface area contributed by atoms with Gasteiger partial charge < -0.3 is 24.4 Å². The van der Waals surface area contributed by atoms with Crippen molar-refractivity contribution >= 4 is 27.5 Å². The van der Waals surface area contributed by atoms with E-state index < -0.39 is 28.5 Å². The van der Waals surface area contributed by atoms with Gasteiger partial charge in [-0.05, 0) is 61.2 Å². The number of fused-ring (bicyclic) bond motifs is 1. The molecule has 0 saturated heterocycles. The molecule has 1 N–H and O–H groups in total. The van der Waals surface area contributed by atoms with Gasteiger partial charge in [0.2, 0.25) is 11.8 Å². The minimum atomic E-state index is -4.20. The number of nitrogens with zero attached hydrogens (tertiary/aromatic N) is 2. The molecule has 2 aliphatic rings. The standard InChI is InChI=1S/C34H41N3O7S/c1-3-30(34(39)35-26-12-6-4-7-13-26)36(23-25-11-10-14-28(21-25)42-2)33(38)24-37(45(40,41)29-15-8-5-9-16-29)27-17-18-31-32(22-27)44-20-19-43-31/h5,8-11,14-18,21-22,26,30H,3-4,6-7,12-13,19-20,23-24H2,1-2H3,(H,35,39)/t30-/m1/s1. The molecule has 45 heavy (non-hydrogen) atoms. The van der Waals surface area contributed by atoms with Crippen LogP contribution in [0.2, 0.25) is 0 Å². The van der Waals surface area contributed by atoms with Crippen molar-refractivity contribution in [3.05, 3.63) is 78.4 Å². The number of methoxy groups -OCH3 is 1. The number of hydrogen-bond acceptors (Lipinski definition) is 7. The SMILES string of the molecule is CC[C@H](C(=O)NC1CCCCC1)N(Cc1cccc(OC)c1)C(=O)CN(c1ccc2c(c1)OCCO2)S(=O)(=O)c1ccccc1. The van der Waals surface area contributed by atoms with Gasteiger partial charge in [-0.15, -0.1) is 0 Å². The summed E-state index contributed by atoms with van der Waals surface area (Å²) in [6.07, 6.45) is 5.41. The van der Waals surface area contributed by atoms with Gasteiger partial charge in [-0.25, -0.2) is 8.42 Å². The molecule has 0 radical (unpaired) electrons. The number of hydrogen-bond donors (Lipinski definition) is 1. The molecule has 1 aliphatic heterocycles. The number of rotatable bonds is 12. The van der Waals surface area contributed by atoms with E-state index in [1.165, 1.54) is 17.0 Å². The first-order valence-corrected chi connectivity index (χ1v) is 16.9. The summed E-state index contributed by atoms with van der Waals surface area (Å²) in [5.41, 5.74) is 1.00. The van der Waals surface area contributed by atoms with E-state index in [1.54, 1.807) is 49.6 Å². The molecule has 0 spiro atoms. The highest BCUT2D eigenvalue weighted by molar-refractivity contribution is 7.92. The zero-order chi connectivity index (χ0) is 31.8. The molecule has 1 aliphatic carbocycles. The Morgan fingerprint density at radius 2 is 1.67 bits per heavy atom. The van der Waals surface area contributed by atoms with E-state index >= 15 is 0 Å². The summed E-state index contributed by atoms with van der Waals surface area (Å²) in [5, 5.41) is 3.17. The zero-order valence-electron chi connectivity index (χ0n) is 25.8. The van der Waals surface area contributed by atoms with Crippen LogP contribution in [0, 0.1) is 0 Å². The first-order chi connectivity index (χ1) is 21.8. The average Bonchev–Trinajstić information content (AvgIpc) is 3.07. The maximum Gasteiger partial charge on any atom is 0.264 e. The second kappa shape index (κ2) is 14.7. The third-order valence-corrected chi connectivity index (χ3v) is 10.0. The Morgan fingerprint density at radius 1 is 0.933 bits per heavy atom. The first-order valence-electron chi connectivity index (χ1n) is 15.5. The normalized spacial score (nSPS) is 15.5. The smallest absolute Gasteiger partial charge is 0.264 e. The number of ether oxygens (including phenoxy) is 3. The lowest BCUT2D eigenvalue weighted by Crippen LogP contribution is -2.54. The Bertz CT molecular complexity index is 1580. The van der Waals surface area contributed by atoms with E-state index in [-0.39, 0.29) is 29.1 Å². The molecular formula is C34H41N3O7S. The molecule has 11 heteroatoms. The molecule has 2 amide bonds.